The number of hydrogen-bond acceptors (Lipinski definition) is 4. The summed E-state index contributed by atoms with van der Waals surface area (Å²) in [5.41, 5.74) is 9.93. The summed E-state index contributed by atoms with van der Waals surface area (Å²) in [4.78, 5) is 18.4. The van der Waals surface area contributed by atoms with Gasteiger partial charge < -0.3 is 16.0 Å². The lowest BCUT2D eigenvalue weighted by Crippen LogP contribution is -2.24. The van der Waals surface area contributed by atoms with Crippen molar-refractivity contribution < 1.29 is 4.79 Å². The molecule has 0 radical (unpaired) electrons. The van der Waals surface area contributed by atoms with E-state index in [1.807, 2.05) is 30.3 Å². The Morgan fingerprint density at radius 1 is 1.21 bits per heavy atom. The Bertz CT molecular complexity index is 654. The predicted molar refractivity (Wildman–Crippen MR) is 98.8 cm³/mol. The zero-order valence-electron chi connectivity index (χ0n) is 14.5. The van der Waals surface area contributed by atoms with E-state index in [-0.39, 0.29) is 5.91 Å². The molecule has 128 valence electrons. The molecule has 0 fully saturated rings. The Labute approximate surface area is 143 Å². The number of carbonyl (C=O) groups is 1. The van der Waals surface area contributed by atoms with E-state index in [9.17, 15) is 4.79 Å². The molecule has 0 aliphatic rings. The van der Waals surface area contributed by atoms with E-state index < -0.39 is 0 Å². The minimum atomic E-state index is 0.0204. The van der Waals surface area contributed by atoms with Gasteiger partial charge in [0.15, 0.2) is 0 Å². The van der Waals surface area contributed by atoms with Crippen molar-refractivity contribution in [2.45, 2.75) is 33.2 Å². The number of aromatic nitrogens is 1. The van der Waals surface area contributed by atoms with Gasteiger partial charge in [-0.15, -0.1) is 0 Å². The third-order valence-electron chi connectivity index (χ3n) is 4.03. The second kappa shape index (κ2) is 8.91. The number of nitrogens with zero attached hydrogens (tertiary/aromatic N) is 2. The van der Waals surface area contributed by atoms with E-state index >= 15 is 0 Å². The normalized spacial score (nSPS) is 10.4. The van der Waals surface area contributed by atoms with Crippen molar-refractivity contribution in [1.82, 2.24) is 10.3 Å². The molecule has 0 unspecified atom stereocenters. The number of rotatable bonds is 8. The van der Waals surface area contributed by atoms with Crippen LogP contribution in [0.25, 0.3) is 0 Å². The molecule has 5 nitrogen and oxygen atoms in total. The molecule has 0 atom stereocenters. The smallest absolute Gasteiger partial charge is 0.220 e. The highest BCUT2D eigenvalue weighted by molar-refractivity contribution is 5.76. The number of pyridine rings is 1. The van der Waals surface area contributed by atoms with Crippen LogP contribution in [0.3, 0.4) is 0 Å². The molecule has 0 bridgehead atoms. The maximum absolute atomic E-state index is 12.0. The lowest BCUT2D eigenvalue weighted by Gasteiger charge is -2.23. The minimum absolute atomic E-state index is 0.0204. The van der Waals surface area contributed by atoms with Crippen LogP contribution >= 0.6 is 0 Å². The fourth-order valence-corrected chi connectivity index (χ4v) is 2.65. The molecule has 0 aliphatic heterocycles. The average molecular weight is 326 g/mol. The van der Waals surface area contributed by atoms with Crippen molar-refractivity contribution in [2.75, 3.05) is 23.7 Å². The van der Waals surface area contributed by atoms with Crippen LogP contribution in [0.5, 0.6) is 0 Å². The summed E-state index contributed by atoms with van der Waals surface area (Å²) in [5.74, 6) is 0.0204. The van der Waals surface area contributed by atoms with Crippen LogP contribution < -0.4 is 16.0 Å². The Morgan fingerprint density at radius 2 is 2.00 bits per heavy atom. The molecular formula is C19H26N4O. The number of amides is 1. The predicted octanol–water partition coefficient (Wildman–Crippen LogP) is 2.76. The summed E-state index contributed by atoms with van der Waals surface area (Å²) in [7, 11) is 0. The first-order chi connectivity index (χ1) is 11.6. The molecule has 0 spiro atoms. The molecule has 3 N–H and O–H groups in total. The standard InChI is InChI=1S/C19H26N4O/c1-3-23(4-2)18-10-8-15(13-17(18)20)9-11-19(24)22-14-16-7-5-6-12-21-16/h5-8,10,12-13H,3-4,9,11,14,20H2,1-2H3,(H,22,24). The van der Waals surface area contributed by atoms with Gasteiger partial charge in [-0.2, -0.15) is 0 Å². The van der Waals surface area contributed by atoms with E-state index in [1.54, 1.807) is 6.20 Å². The van der Waals surface area contributed by atoms with Crippen molar-refractivity contribution in [2.24, 2.45) is 0 Å². The summed E-state index contributed by atoms with van der Waals surface area (Å²) in [5, 5.41) is 2.89. The van der Waals surface area contributed by atoms with E-state index in [1.165, 1.54) is 0 Å². The molecule has 0 saturated heterocycles. The molecule has 24 heavy (non-hydrogen) atoms. The fourth-order valence-electron chi connectivity index (χ4n) is 2.65. The summed E-state index contributed by atoms with van der Waals surface area (Å²) in [6.45, 7) is 6.54. The van der Waals surface area contributed by atoms with Gasteiger partial charge in [0.25, 0.3) is 0 Å². The number of hydrogen-bond donors (Lipinski definition) is 2. The molecule has 0 saturated carbocycles. The SMILES string of the molecule is CCN(CC)c1ccc(CCC(=O)NCc2ccccn2)cc1N. The first-order valence-corrected chi connectivity index (χ1v) is 8.44. The lowest BCUT2D eigenvalue weighted by molar-refractivity contribution is -0.121. The van der Waals surface area contributed by atoms with Crippen molar-refractivity contribution in [3.63, 3.8) is 0 Å². The molecule has 0 aliphatic carbocycles. The number of aryl methyl sites for hydroxylation is 1. The van der Waals surface area contributed by atoms with Crippen molar-refractivity contribution >= 4 is 17.3 Å². The first-order valence-electron chi connectivity index (χ1n) is 8.44. The Balaban J connectivity index is 1.85. The quantitative estimate of drug-likeness (QED) is 0.732. The van der Waals surface area contributed by atoms with Gasteiger partial charge in [0.05, 0.1) is 23.6 Å². The van der Waals surface area contributed by atoms with Gasteiger partial charge in [-0.3, -0.25) is 9.78 Å². The third kappa shape index (κ3) is 4.98. The van der Waals surface area contributed by atoms with E-state index in [0.29, 0.717) is 19.4 Å². The molecule has 5 heteroatoms. The maximum atomic E-state index is 12.0. The summed E-state index contributed by atoms with van der Waals surface area (Å²) >= 11 is 0. The maximum Gasteiger partial charge on any atom is 0.220 e. The average Bonchev–Trinajstić information content (AvgIpc) is 2.61. The minimum Gasteiger partial charge on any atom is -0.397 e. The highest BCUT2D eigenvalue weighted by atomic mass is 16.1. The topological polar surface area (TPSA) is 71.2 Å². The van der Waals surface area contributed by atoms with E-state index in [2.05, 4.69) is 35.1 Å². The zero-order valence-corrected chi connectivity index (χ0v) is 14.5. The number of carbonyl (C=O) groups excluding carboxylic acids is 1. The van der Waals surface area contributed by atoms with Crippen LogP contribution in [0.1, 0.15) is 31.5 Å². The van der Waals surface area contributed by atoms with Gasteiger partial charge in [0.1, 0.15) is 0 Å². The van der Waals surface area contributed by atoms with Crippen LogP contribution in [0.15, 0.2) is 42.6 Å². The Kier molecular flexibility index (Phi) is 6.61. The zero-order chi connectivity index (χ0) is 17.4. The third-order valence-corrected chi connectivity index (χ3v) is 4.03. The molecule has 2 aromatic rings. The molecular weight excluding hydrogens is 300 g/mol. The Morgan fingerprint density at radius 3 is 2.62 bits per heavy atom. The molecule has 1 aromatic carbocycles. The second-order valence-electron chi connectivity index (χ2n) is 5.66. The van der Waals surface area contributed by atoms with Gasteiger partial charge in [-0.25, -0.2) is 0 Å². The fraction of sp³-hybridized carbons (Fsp3) is 0.368. The van der Waals surface area contributed by atoms with Gasteiger partial charge in [-0.1, -0.05) is 12.1 Å². The molecule has 1 aromatic heterocycles. The summed E-state index contributed by atoms with van der Waals surface area (Å²) in [6.07, 6.45) is 2.84. The van der Waals surface area contributed by atoms with Gasteiger partial charge in [0, 0.05) is 25.7 Å². The lowest BCUT2D eigenvalue weighted by atomic mass is 10.1. The monoisotopic (exact) mass is 326 g/mol. The highest BCUT2D eigenvalue weighted by Crippen LogP contribution is 2.24. The Hall–Kier alpha value is -2.56. The molecule has 1 amide bonds. The number of nitrogens with two attached hydrogens (primary N) is 1. The van der Waals surface area contributed by atoms with Crippen molar-refractivity contribution in [3.05, 3.63) is 53.9 Å². The summed E-state index contributed by atoms with van der Waals surface area (Å²) < 4.78 is 0. The second-order valence-corrected chi connectivity index (χ2v) is 5.66. The number of anilines is 2. The van der Waals surface area contributed by atoms with Crippen LogP contribution in [0.2, 0.25) is 0 Å². The first kappa shape index (κ1) is 17.8. The van der Waals surface area contributed by atoms with Crippen LogP contribution in [-0.4, -0.2) is 24.0 Å². The van der Waals surface area contributed by atoms with Crippen LogP contribution in [0, 0.1) is 0 Å². The van der Waals surface area contributed by atoms with E-state index in [4.69, 9.17) is 5.73 Å². The van der Waals surface area contributed by atoms with Crippen LogP contribution in [-0.2, 0) is 17.8 Å². The van der Waals surface area contributed by atoms with Gasteiger partial charge in [0.2, 0.25) is 5.91 Å². The number of nitrogens with one attached hydrogen (secondary N) is 1. The highest BCUT2D eigenvalue weighted by Gasteiger charge is 2.08. The molecule has 1 heterocycles. The summed E-state index contributed by atoms with van der Waals surface area (Å²) in [6, 6.07) is 11.7. The van der Waals surface area contributed by atoms with Gasteiger partial charge >= 0.3 is 0 Å². The van der Waals surface area contributed by atoms with E-state index in [0.717, 1.165) is 35.7 Å². The largest absolute Gasteiger partial charge is 0.397 e. The number of benzene rings is 1. The van der Waals surface area contributed by atoms with Gasteiger partial charge in [-0.05, 0) is 50.1 Å². The molecule has 2 rings (SSSR count). The number of nitrogen functional groups attached to an aromatic ring is 1. The van der Waals surface area contributed by atoms with Crippen molar-refractivity contribution in [1.29, 1.82) is 0 Å². The van der Waals surface area contributed by atoms with Crippen LogP contribution in [0.4, 0.5) is 11.4 Å². The van der Waals surface area contributed by atoms with Crippen molar-refractivity contribution in [3.8, 4) is 0 Å².